The number of anilines is 2. The molecule has 2 aromatic rings. The van der Waals surface area contributed by atoms with E-state index in [2.05, 4.69) is 22.3 Å². The number of aryl methyl sites for hydroxylation is 1. The zero-order valence-electron chi connectivity index (χ0n) is 13.9. The predicted molar refractivity (Wildman–Crippen MR) is 96.2 cm³/mol. The summed E-state index contributed by atoms with van der Waals surface area (Å²) < 4.78 is 5.42. The number of nitrogens with zero attached hydrogens (tertiary/aromatic N) is 1. The molecular weight excluding hydrogens is 302 g/mol. The summed E-state index contributed by atoms with van der Waals surface area (Å²) in [5.74, 6) is -0.100. The van der Waals surface area contributed by atoms with E-state index in [0.29, 0.717) is 17.8 Å². The fourth-order valence-electron chi connectivity index (χ4n) is 2.93. The molecule has 126 valence electrons. The number of ether oxygens (including phenoxy) is 1. The average molecular weight is 325 g/mol. The Balaban J connectivity index is 1.72. The molecule has 3 N–H and O–H groups in total. The summed E-state index contributed by atoms with van der Waals surface area (Å²) in [6.07, 6.45) is 0. The first kappa shape index (κ1) is 16.3. The predicted octanol–water partition coefficient (Wildman–Crippen LogP) is 2.34. The second-order valence-corrected chi connectivity index (χ2v) is 5.99. The van der Waals surface area contributed by atoms with Crippen molar-refractivity contribution < 1.29 is 9.53 Å². The van der Waals surface area contributed by atoms with Crippen molar-refractivity contribution in [2.45, 2.75) is 13.5 Å². The lowest BCUT2D eigenvalue weighted by molar-refractivity contribution is 0.0950. The second kappa shape index (κ2) is 7.36. The average Bonchev–Trinajstić information content (AvgIpc) is 2.62. The summed E-state index contributed by atoms with van der Waals surface area (Å²) in [6, 6.07) is 13.6. The molecule has 24 heavy (non-hydrogen) atoms. The lowest BCUT2D eigenvalue weighted by Gasteiger charge is -2.30. The fraction of sp³-hybridized carbons (Fsp3) is 0.316. The van der Waals surface area contributed by atoms with Crippen LogP contribution in [0.1, 0.15) is 21.5 Å². The van der Waals surface area contributed by atoms with Crippen molar-refractivity contribution in [3.63, 3.8) is 0 Å². The van der Waals surface area contributed by atoms with Crippen LogP contribution >= 0.6 is 0 Å². The molecule has 0 aliphatic carbocycles. The molecule has 5 heteroatoms. The summed E-state index contributed by atoms with van der Waals surface area (Å²) in [7, 11) is 0. The lowest BCUT2D eigenvalue weighted by atomic mass is 10.1. The van der Waals surface area contributed by atoms with E-state index in [1.807, 2.05) is 25.1 Å². The van der Waals surface area contributed by atoms with Gasteiger partial charge >= 0.3 is 0 Å². The first-order valence-corrected chi connectivity index (χ1v) is 8.20. The van der Waals surface area contributed by atoms with E-state index in [1.165, 1.54) is 0 Å². The molecule has 0 atom stereocenters. The van der Waals surface area contributed by atoms with Crippen LogP contribution in [0, 0.1) is 6.92 Å². The van der Waals surface area contributed by atoms with Gasteiger partial charge in [0.25, 0.3) is 5.91 Å². The van der Waals surface area contributed by atoms with Crippen molar-refractivity contribution in [1.82, 2.24) is 5.32 Å². The molecule has 2 aromatic carbocycles. The Morgan fingerprint density at radius 2 is 1.96 bits per heavy atom. The topological polar surface area (TPSA) is 67.6 Å². The van der Waals surface area contributed by atoms with Crippen LogP contribution in [0.2, 0.25) is 0 Å². The Morgan fingerprint density at radius 1 is 1.21 bits per heavy atom. The summed E-state index contributed by atoms with van der Waals surface area (Å²) >= 11 is 0. The van der Waals surface area contributed by atoms with Crippen LogP contribution in [0.25, 0.3) is 0 Å². The highest BCUT2D eigenvalue weighted by atomic mass is 16.5. The van der Waals surface area contributed by atoms with E-state index in [1.54, 1.807) is 12.1 Å². The third kappa shape index (κ3) is 3.68. The maximum Gasteiger partial charge on any atom is 0.251 e. The molecule has 5 nitrogen and oxygen atoms in total. The standard InChI is InChI=1S/C19H23N3O2/c1-14-6-7-16(20)12-17(14)19(23)21-13-15-4-2-3-5-18(15)22-8-10-24-11-9-22/h2-7,12H,8-11,13,20H2,1H3,(H,21,23). The largest absolute Gasteiger partial charge is 0.399 e. The first-order valence-electron chi connectivity index (χ1n) is 8.20. The molecule has 1 amide bonds. The number of carbonyl (C=O) groups excluding carboxylic acids is 1. The molecule has 3 rings (SSSR count). The van der Waals surface area contributed by atoms with Crippen LogP contribution in [0.3, 0.4) is 0 Å². The smallest absolute Gasteiger partial charge is 0.251 e. The molecule has 1 saturated heterocycles. The van der Waals surface area contributed by atoms with Crippen molar-refractivity contribution in [3.8, 4) is 0 Å². The molecule has 0 radical (unpaired) electrons. The number of hydrogen-bond donors (Lipinski definition) is 2. The highest BCUT2D eigenvalue weighted by Crippen LogP contribution is 2.21. The minimum Gasteiger partial charge on any atom is -0.399 e. The van der Waals surface area contributed by atoms with Crippen molar-refractivity contribution in [2.24, 2.45) is 0 Å². The van der Waals surface area contributed by atoms with Crippen LogP contribution in [-0.4, -0.2) is 32.2 Å². The van der Waals surface area contributed by atoms with E-state index >= 15 is 0 Å². The van der Waals surface area contributed by atoms with Gasteiger partial charge in [-0.05, 0) is 36.2 Å². The van der Waals surface area contributed by atoms with Gasteiger partial charge in [0.1, 0.15) is 0 Å². The van der Waals surface area contributed by atoms with Gasteiger partial charge in [0.2, 0.25) is 0 Å². The Labute approximate surface area is 142 Å². The summed E-state index contributed by atoms with van der Waals surface area (Å²) in [6.45, 7) is 5.63. The maximum absolute atomic E-state index is 12.5. The van der Waals surface area contributed by atoms with E-state index in [4.69, 9.17) is 10.5 Å². The van der Waals surface area contributed by atoms with Gasteiger partial charge in [-0.1, -0.05) is 24.3 Å². The molecular formula is C19H23N3O2. The molecule has 0 spiro atoms. The number of para-hydroxylation sites is 1. The van der Waals surface area contributed by atoms with Gasteiger partial charge in [0, 0.05) is 36.6 Å². The molecule has 1 fully saturated rings. The number of nitrogens with two attached hydrogens (primary N) is 1. The normalized spacial score (nSPS) is 14.5. The maximum atomic E-state index is 12.5. The molecule has 0 saturated carbocycles. The minimum absolute atomic E-state index is 0.100. The van der Waals surface area contributed by atoms with Crippen molar-refractivity contribution in [2.75, 3.05) is 36.9 Å². The SMILES string of the molecule is Cc1ccc(N)cc1C(=O)NCc1ccccc1N1CCOCC1. The highest BCUT2D eigenvalue weighted by molar-refractivity contribution is 5.96. The zero-order chi connectivity index (χ0) is 16.9. The van der Waals surface area contributed by atoms with E-state index < -0.39 is 0 Å². The van der Waals surface area contributed by atoms with Gasteiger partial charge < -0.3 is 20.7 Å². The quantitative estimate of drug-likeness (QED) is 0.847. The number of hydrogen-bond acceptors (Lipinski definition) is 4. The van der Waals surface area contributed by atoms with E-state index in [9.17, 15) is 4.79 Å². The molecule has 1 aliphatic heterocycles. The Bertz CT molecular complexity index is 724. The van der Waals surface area contributed by atoms with Crippen molar-refractivity contribution in [1.29, 1.82) is 0 Å². The number of benzene rings is 2. The summed E-state index contributed by atoms with van der Waals surface area (Å²) in [4.78, 5) is 14.8. The highest BCUT2D eigenvalue weighted by Gasteiger charge is 2.15. The van der Waals surface area contributed by atoms with Crippen LogP contribution in [0.15, 0.2) is 42.5 Å². The Hall–Kier alpha value is -2.53. The molecule has 0 aromatic heterocycles. The second-order valence-electron chi connectivity index (χ2n) is 5.99. The lowest BCUT2D eigenvalue weighted by Crippen LogP contribution is -2.37. The van der Waals surface area contributed by atoms with Crippen LogP contribution in [0.5, 0.6) is 0 Å². The van der Waals surface area contributed by atoms with Crippen molar-refractivity contribution in [3.05, 3.63) is 59.2 Å². The number of nitrogen functional groups attached to an aromatic ring is 1. The van der Waals surface area contributed by atoms with Gasteiger partial charge in [-0.15, -0.1) is 0 Å². The summed E-state index contributed by atoms with van der Waals surface area (Å²) in [5.41, 5.74) is 10.2. The Kier molecular flexibility index (Phi) is 5.01. The van der Waals surface area contributed by atoms with Gasteiger partial charge in [0.15, 0.2) is 0 Å². The van der Waals surface area contributed by atoms with E-state index in [-0.39, 0.29) is 5.91 Å². The van der Waals surface area contributed by atoms with Gasteiger partial charge in [-0.3, -0.25) is 4.79 Å². The van der Waals surface area contributed by atoms with Crippen LogP contribution < -0.4 is 16.0 Å². The van der Waals surface area contributed by atoms with Crippen molar-refractivity contribution >= 4 is 17.3 Å². The third-order valence-electron chi connectivity index (χ3n) is 4.29. The molecule has 0 bridgehead atoms. The van der Waals surface area contributed by atoms with Crippen LogP contribution in [-0.2, 0) is 11.3 Å². The number of nitrogens with one attached hydrogen (secondary N) is 1. The summed E-state index contributed by atoms with van der Waals surface area (Å²) in [5, 5.41) is 3.01. The minimum atomic E-state index is -0.100. The van der Waals surface area contributed by atoms with E-state index in [0.717, 1.165) is 43.1 Å². The third-order valence-corrected chi connectivity index (χ3v) is 4.29. The molecule has 1 aliphatic rings. The number of carbonyl (C=O) groups is 1. The van der Waals surface area contributed by atoms with Gasteiger partial charge in [0.05, 0.1) is 13.2 Å². The fourth-order valence-corrected chi connectivity index (χ4v) is 2.93. The van der Waals surface area contributed by atoms with Gasteiger partial charge in [-0.2, -0.15) is 0 Å². The Morgan fingerprint density at radius 3 is 2.75 bits per heavy atom. The number of morpholine rings is 1. The number of rotatable bonds is 4. The first-order chi connectivity index (χ1) is 11.6. The molecule has 0 unspecified atom stereocenters. The molecule has 1 heterocycles. The van der Waals surface area contributed by atoms with Crippen LogP contribution in [0.4, 0.5) is 11.4 Å². The monoisotopic (exact) mass is 325 g/mol. The number of amides is 1. The zero-order valence-corrected chi connectivity index (χ0v) is 13.9. The van der Waals surface area contributed by atoms with Gasteiger partial charge in [-0.25, -0.2) is 0 Å².